The van der Waals surface area contributed by atoms with Crippen LogP contribution in [0.25, 0.3) is 0 Å². The van der Waals surface area contributed by atoms with E-state index < -0.39 is 0 Å². The lowest BCUT2D eigenvalue weighted by Crippen LogP contribution is -2.56. The van der Waals surface area contributed by atoms with E-state index in [9.17, 15) is 4.79 Å². The third-order valence-electron chi connectivity index (χ3n) is 6.09. The van der Waals surface area contributed by atoms with Crippen molar-refractivity contribution in [2.75, 3.05) is 37.7 Å². The van der Waals surface area contributed by atoms with Gasteiger partial charge >= 0.3 is 0 Å². The Kier molecular flexibility index (Phi) is 5.75. The molecule has 0 spiro atoms. The third-order valence-corrected chi connectivity index (χ3v) is 7.04. The van der Waals surface area contributed by atoms with Gasteiger partial charge in [0.15, 0.2) is 0 Å². The normalized spacial score (nSPS) is 22.9. The van der Waals surface area contributed by atoms with Crippen LogP contribution in [-0.4, -0.2) is 54.1 Å². The number of carbonyl (C=O) groups is 1. The molecule has 1 aromatic carbocycles. The van der Waals surface area contributed by atoms with Crippen LogP contribution in [0, 0.1) is 5.92 Å². The van der Waals surface area contributed by atoms with Crippen molar-refractivity contribution in [2.45, 2.75) is 44.1 Å². The highest BCUT2D eigenvalue weighted by Crippen LogP contribution is 2.36. The van der Waals surface area contributed by atoms with E-state index in [0.717, 1.165) is 43.5 Å². The van der Waals surface area contributed by atoms with Crippen LogP contribution in [0.5, 0.6) is 5.75 Å². The van der Waals surface area contributed by atoms with Crippen LogP contribution >= 0.6 is 11.8 Å². The van der Waals surface area contributed by atoms with Crippen LogP contribution in [0.4, 0.5) is 0 Å². The van der Waals surface area contributed by atoms with Crippen LogP contribution in [0.3, 0.4) is 0 Å². The number of carbonyl (C=O) groups excluding carboxylic acids is 1. The Balaban J connectivity index is 1.32. The van der Waals surface area contributed by atoms with Crippen molar-refractivity contribution in [3.05, 3.63) is 29.8 Å². The van der Waals surface area contributed by atoms with Crippen molar-refractivity contribution in [1.29, 1.82) is 0 Å². The fourth-order valence-corrected chi connectivity index (χ4v) is 5.13. The van der Waals surface area contributed by atoms with Crippen molar-refractivity contribution in [1.82, 2.24) is 10.2 Å². The number of hydrogen-bond acceptors (Lipinski definition) is 4. The smallest absolute Gasteiger partial charge is 0.251 e. The maximum atomic E-state index is 12.6. The molecule has 1 aliphatic heterocycles. The molecule has 1 aromatic rings. The van der Waals surface area contributed by atoms with E-state index in [2.05, 4.69) is 10.2 Å². The van der Waals surface area contributed by atoms with Crippen molar-refractivity contribution < 1.29 is 9.53 Å². The number of rotatable bonds is 7. The molecule has 3 aliphatic rings. The summed E-state index contributed by atoms with van der Waals surface area (Å²) in [6, 6.07) is 7.61. The molecule has 3 fully saturated rings. The highest BCUT2D eigenvalue weighted by molar-refractivity contribution is 7.99. The Labute approximate surface area is 161 Å². The molecule has 1 N–H and O–H groups in total. The molecule has 1 amide bonds. The summed E-state index contributed by atoms with van der Waals surface area (Å²) in [6.07, 6.45) is 7.58. The molecule has 1 heterocycles. The van der Waals surface area contributed by atoms with E-state index in [1.807, 2.05) is 36.0 Å². The van der Waals surface area contributed by atoms with Crippen LogP contribution in [0.15, 0.2) is 24.3 Å². The first-order valence-corrected chi connectivity index (χ1v) is 11.2. The first-order valence-electron chi connectivity index (χ1n) is 10.1. The molecular weight excluding hydrogens is 344 g/mol. The van der Waals surface area contributed by atoms with E-state index in [-0.39, 0.29) is 11.4 Å². The number of ether oxygens (including phenoxy) is 1. The molecule has 26 heavy (non-hydrogen) atoms. The Morgan fingerprint density at radius 3 is 2.50 bits per heavy atom. The lowest BCUT2D eigenvalue weighted by Gasteiger charge is -2.43. The van der Waals surface area contributed by atoms with E-state index in [0.29, 0.717) is 0 Å². The lowest BCUT2D eigenvalue weighted by molar-refractivity contribution is 0.0817. The summed E-state index contributed by atoms with van der Waals surface area (Å²) >= 11 is 2.05. The fraction of sp³-hybridized carbons (Fsp3) is 0.667. The topological polar surface area (TPSA) is 41.6 Å². The van der Waals surface area contributed by atoms with Gasteiger partial charge in [0.05, 0.1) is 6.61 Å². The molecule has 1 saturated heterocycles. The first-order chi connectivity index (χ1) is 12.8. The molecule has 0 unspecified atom stereocenters. The minimum atomic E-state index is 0.0383. The molecule has 2 saturated carbocycles. The molecule has 142 valence electrons. The number of amides is 1. The second-order valence-electron chi connectivity index (χ2n) is 7.99. The summed E-state index contributed by atoms with van der Waals surface area (Å²) in [5, 5.41) is 3.23. The molecule has 0 bridgehead atoms. The van der Waals surface area contributed by atoms with Crippen molar-refractivity contribution in [2.24, 2.45) is 5.92 Å². The number of thioether (sulfide) groups is 1. The lowest BCUT2D eigenvalue weighted by atomic mass is 9.94. The van der Waals surface area contributed by atoms with E-state index >= 15 is 0 Å². The molecular formula is C21H30N2O2S. The summed E-state index contributed by atoms with van der Waals surface area (Å²) in [7, 11) is 0. The van der Waals surface area contributed by atoms with Crippen LogP contribution in [0.2, 0.25) is 0 Å². The Morgan fingerprint density at radius 1 is 1.15 bits per heavy atom. The molecule has 4 nitrogen and oxygen atoms in total. The number of nitrogens with one attached hydrogen (secondary N) is 1. The van der Waals surface area contributed by atoms with E-state index in [1.165, 1.54) is 50.0 Å². The molecule has 0 radical (unpaired) electrons. The first kappa shape index (κ1) is 18.2. The highest BCUT2D eigenvalue weighted by atomic mass is 32.2. The Bertz CT molecular complexity index is 603. The third kappa shape index (κ3) is 4.37. The predicted molar refractivity (Wildman–Crippen MR) is 107 cm³/mol. The van der Waals surface area contributed by atoms with Crippen molar-refractivity contribution in [3.8, 4) is 5.75 Å². The van der Waals surface area contributed by atoms with Gasteiger partial charge in [-0.2, -0.15) is 11.8 Å². The average molecular weight is 375 g/mol. The highest BCUT2D eigenvalue weighted by Gasteiger charge is 2.40. The summed E-state index contributed by atoms with van der Waals surface area (Å²) in [4.78, 5) is 15.3. The predicted octanol–water partition coefficient (Wildman–Crippen LogP) is 3.57. The Hall–Kier alpha value is -1.20. The van der Waals surface area contributed by atoms with Gasteiger partial charge in [-0.1, -0.05) is 12.8 Å². The summed E-state index contributed by atoms with van der Waals surface area (Å²) < 4.78 is 5.76. The second-order valence-corrected chi connectivity index (χ2v) is 9.22. The standard InChI is InChI=1S/C21H30N2O2S/c24-20(18-5-7-19(8-6-18)25-15-17-3-4-17)22-16-21(9-1-2-10-21)23-11-13-26-14-12-23/h5-8,17H,1-4,9-16H2,(H,22,24). The van der Waals surface area contributed by atoms with Crippen LogP contribution < -0.4 is 10.1 Å². The fourth-order valence-electron chi connectivity index (χ4n) is 4.22. The van der Waals surface area contributed by atoms with Crippen molar-refractivity contribution in [3.63, 3.8) is 0 Å². The summed E-state index contributed by atoms with van der Waals surface area (Å²) in [6.45, 7) is 3.90. The van der Waals surface area contributed by atoms with Gasteiger partial charge in [0, 0.05) is 42.2 Å². The van der Waals surface area contributed by atoms with Gasteiger partial charge in [0.1, 0.15) is 5.75 Å². The maximum Gasteiger partial charge on any atom is 0.251 e. The molecule has 4 rings (SSSR count). The average Bonchev–Trinajstić information content (AvgIpc) is 3.41. The van der Waals surface area contributed by atoms with Gasteiger partial charge in [0.2, 0.25) is 0 Å². The van der Waals surface area contributed by atoms with Gasteiger partial charge in [-0.15, -0.1) is 0 Å². The van der Waals surface area contributed by atoms with Crippen molar-refractivity contribution >= 4 is 17.7 Å². The van der Waals surface area contributed by atoms with E-state index in [4.69, 9.17) is 4.74 Å². The minimum Gasteiger partial charge on any atom is -0.493 e. The molecule has 0 aromatic heterocycles. The second kappa shape index (κ2) is 8.22. The summed E-state index contributed by atoms with van der Waals surface area (Å²) in [5.41, 5.74) is 0.912. The van der Waals surface area contributed by atoms with Gasteiger partial charge in [0.25, 0.3) is 5.91 Å². The zero-order chi connectivity index (χ0) is 17.8. The Morgan fingerprint density at radius 2 is 1.85 bits per heavy atom. The molecule has 2 aliphatic carbocycles. The number of nitrogens with zero attached hydrogens (tertiary/aromatic N) is 1. The van der Waals surface area contributed by atoms with E-state index in [1.54, 1.807) is 0 Å². The van der Waals surface area contributed by atoms with Gasteiger partial charge in [-0.25, -0.2) is 0 Å². The molecule has 0 atom stereocenters. The SMILES string of the molecule is O=C(NCC1(N2CCSCC2)CCCC1)c1ccc(OCC2CC2)cc1. The quantitative estimate of drug-likeness (QED) is 0.792. The minimum absolute atomic E-state index is 0.0383. The zero-order valence-corrected chi connectivity index (χ0v) is 16.4. The summed E-state index contributed by atoms with van der Waals surface area (Å²) in [5.74, 6) is 4.09. The van der Waals surface area contributed by atoms with Gasteiger partial charge in [-0.3, -0.25) is 9.69 Å². The van der Waals surface area contributed by atoms with Crippen LogP contribution in [-0.2, 0) is 0 Å². The monoisotopic (exact) mass is 374 g/mol. The van der Waals surface area contributed by atoms with Gasteiger partial charge < -0.3 is 10.1 Å². The zero-order valence-electron chi connectivity index (χ0n) is 15.5. The van der Waals surface area contributed by atoms with Crippen LogP contribution in [0.1, 0.15) is 48.9 Å². The number of hydrogen-bond donors (Lipinski definition) is 1. The van der Waals surface area contributed by atoms with Gasteiger partial charge in [-0.05, 0) is 55.9 Å². The maximum absolute atomic E-state index is 12.6. The molecule has 5 heteroatoms. The number of benzene rings is 1. The largest absolute Gasteiger partial charge is 0.493 e.